The average Bonchev–Trinajstić information content (AvgIpc) is 2.79. The second kappa shape index (κ2) is 8.72. The van der Waals surface area contributed by atoms with Crippen molar-refractivity contribution in [2.75, 3.05) is 10.2 Å². The van der Waals surface area contributed by atoms with Crippen LogP contribution in [0.4, 0.5) is 20.6 Å². The molecule has 3 amide bonds. The van der Waals surface area contributed by atoms with Crippen molar-refractivity contribution < 1.29 is 19.1 Å². The molecule has 0 aliphatic carbocycles. The van der Waals surface area contributed by atoms with Gasteiger partial charge in [-0.3, -0.25) is 9.69 Å². The van der Waals surface area contributed by atoms with Crippen molar-refractivity contribution in [3.8, 4) is 0 Å². The number of nitrogens with one attached hydrogen (secondary N) is 2. The van der Waals surface area contributed by atoms with Crippen molar-refractivity contribution in [3.63, 3.8) is 0 Å². The molecule has 0 saturated heterocycles. The molecule has 1 heterocycles. The molecule has 0 fully saturated rings. The largest absolute Gasteiger partial charge is 0.359 e. The van der Waals surface area contributed by atoms with Gasteiger partial charge in [0.15, 0.2) is 0 Å². The van der Waals surface area contributed by atoms with E-state index in [0.717, 1.165) is 16.9 Å². The molecule has 4 rings (SSSR count). The van der Waals surface area contributed by atoms with E-state index in [1.165, 1.54) is 12.1 Å². The van der Waals surface area contributed by atoms with Crippen LogP contribution in [0.25, 0.3) is 0 Å². The zero-order chi connectivity index (χ0) is 22.9. The first-order valence-corrected chi connectivity index (χ1v) is 10.9. The third-order valence-electron chi connectivity index (χ3n) is 5.41. The topological polar surface area (TPSA) is 81.7 Å². The summed E-state index contributed by atoms with van der Waals surface area (Å²) in [6.07, 6.45) is 0.810. The van der Waals surface area contributed by atoms with E-state index in [4.69, 9.17) is 0 Å². The molecular formula is C24H21BrFN3O3. The van der Waals surface area contributed by atoms with Gasteiger partial charge in [-0.15, -0.1) is 0 Å². The first-order valence-electron chi connectivity index (χ1n) is 10.1. The number of amides is 3. The predicted octanol–water partition coefficient (Wildman–Crippen LogP) is 4.66. The number of carbonyl (C=O) groups is 2. The zero-order valence-corrected chi connectivity index (χ0v) is 18.8. The van der Waals surface area contributed by atoms with Crippen LogP contribution in [0.15, 0.2) is 71.2 Å². The lowest BCUT2D eigenvalue weighted by Crippen LogP contribution is -2.62. The maximum Gasteiger partial charge on any atom is 0.329 e. The monoisotopic (exact) mass is 497 g/mol. The molecule has 0 unspecified atom stereocenters. The van der Waals surface area contributed by atoms with Gasteiger partial charge in [0.05, 0.1) is 5.69 Å². The molecule has 0 aromatic heterocycles. The van der Waals surface area contributed by atoms with Gasteiger partial charge in [-0.25, -0.2) is 9.18 Å². The van der Waals surface area contributed by atoms with Gasteiger partial charge in [0.1, 0.15) is 5.82 Å². The van der Waals surface area contributed by atoms with E-state index in [1.807, 2.05) is 19.1 Å². The second-order valence-corrected chi connectivity index (χ2v) is 8.37. The van der Waals surface area contributed by atoms with Crippen molar-refractivity contribution >= 4 is 39.2 Å². The maximum atomic E-state index is 13.4. The smallest absolute Gasteiger partial charge is 0.329 e. The molecule has 1 aliphatic heterocycles. The zero-order valence-electron chi connectivity index (χ0n) is 17.2. The lowest BCUT2D eigenvalue weighted by atomic mass is 9.94. The molecule has 0 bridgehead atoms. The molecule has 8 heteroatoms. The summed E-state index contributed by atoms with van der Waals surface area (Å²) in [5, 5.41) is 17.2. The Morgan fingerprint density at radius 1 is 1.09 bits per heavy atom. The number of aryl methyl sites for hydroxylation is 1. The minimum atomic E-state index is -2.31. The molecule has 164 valence electrons. The molecule has 0 radical (unpaired) electrons. The van der Waals surface area contributed by atoms with E-state index in [-0.39, 0.29) is 17.9 Å². The van der Waals surface area contributed by atoms with Crippen molar-refractivity contribution in [3.05, 3.63) is 93.7 Å². The van der Waals surface area contributed by atoms with Crippen LogP contribution in [0, 0.1) is 5.82 Å². The number of rotatable bonds is 5. The van der Waals surface area contributed by atoms with Crippen LogP contribution in [-0.2, 0) is 23.5 Å². The van der Waals surface area contributed by atoms with Crippen LogP contribution in [-0.4, -0.2) is 17.0 Å². The Morgan fingerprint density at radius 2 is 1.75 bits per heavy atom. The molecule has 3 aromatic rings. The summed E-state index contributed by atoms with van der Waals surface area (Å²) >= 11 is 3.37. The maximum absolute atomic E-state index is 13.4. The number of hydrogen-bond donors (Lipinski definition) is 3. The van der Waals surface area contributed by atoms with Crippen molar-refractivity contribution in [1.82, 2.24) is 5.32 Å². The summed E-state index contributed by atoms with van der Waals surface area (Å²) in [5.41, 5.74) is 0.317. The Bertz CT molecular complexity index is 1170. The highest BCUT2D eigenvalue weighted by Gasteiger charge is 2.52. The second-order valence-electron chi connectivity index (χ2n) is 7.46. The van der Waals surface area contributed by atoms with Crippen LogP contribution in [0.5, 0.6) is 0 Å². The highest BCUT2D eigenvalue weighted by Crippen LogP contribution is 2.41. The Labute approximate surface area is 193 Å². The van der Waals surface area contributed by atoms with Gasteiger partial charge in [-0.2, -0.15) is 0 Å². The highest BCUT2D eigenvalue weighted by atomic mass is 79.9. The van der Waals surface area contributed by atoms with Crippen LogP contribution in [0.3, 0.4) is 0 Å². The minimum Gasteiger partial charge on any atom is -0.359 e. The predicted molar refractivity (Wildman–Crippen MR) is 124 cm³/mol. The molecule has 6 nitrogen and oxygen atoms in total. The summed E-state index contributed by atoms with van der Waals surface area (Å²) < 4.78 is 13.8. The Hall–Kier alpha value is -3.23. The number of urea groups is 1. The number of anilines is 2. The minimum absolute atomic E-state index is 0.0506. The third kappa shape index (κ3) is 3.99. The van der Waals surface area contributed by atoms with E-state index < -0.39 is 17.7 Å². The van der Waals surface area contributed by atoms with E-state index in [9.17, 15) is 19.1 Å². The van der Waals surface area contributed by atoms with Crippen LogP contribution < -0.4 is 15.5 Å². The summed E-state index contributed by atoms with van der Waals surface area (Å²) in [6.45, 7) is 2.06. The molecular weight excluding hydrogens is 477 g/mol. The first kappa shape index (κ1) is 22.0. The third-order valence-corrected chi connectivity index (χ3v) is 5.90. The Morgan fingerprint density at radius 3 is 2.41 bits per heavy atom. The van der Waals surface area contributed by atoms with E-state index >= 15 is 0 Å². The number of carbonyl (C=O) groups excluding carboxylic acids is 2. The molecule has 0 saturated carbocycles. The van der Waals surface area contributed by atoms with Crippen LogP contribution in [0.2, 0.25) is 0 Å². The fraction of sp³-hybridized carbons (Fsp3) is 0.167. The number of nitrogens with zero attached hydrogens (tertiary/aromatic N) is 1. The van der Waals surface area contributed by atoms with Gasteiger partial charge < -0.3 is 15.7 Å². The summed E-state index contributed by atoms with van der Waals surface area (Å²) in [6, 6.07) is 17.0. The van der Waals surface area contributed by atoms with Gasteiger partial charge in [-0.1, -0.05) is 47.1 Å². The van der Waals surface area contributed by atoms with Crippen LogP contribution >= 0.6 is 15.9 Å². The molecule has 32 heavy (non-hydrogen) atoms. The van der Waals surface area contributed by atoms with Crippen molar-refractivity contribution in [2.24, 2.45) is 0 Å². The Balaban J connectivity index is 1.76. The molecule has 3 N–H and O–H groups in total. The number of aliphatic hydroxyl groups is 1. The number of halogens is 2. The normalized spacial score (nSPS) is 17.5. The summed E-state index contributed by atoms with van der Waals surface area (Å²) in [7, 11) is 0. The lowest BCUT2D eigenvalue weighted by Gasteiger charge is -2.42. The molecule has 1 atom stereocenters. The highest BCUT2D eigenvalue weighted by molar-refractivity contribution is 9.10. The average molecular weight is 498 g/mol. The van der Waals surface area contributed by atoms with Crippen molar-refractivity contribution in [2.45, 2.75) is 25.6 Å². The number of benzene rings is 3. The lowest BCUT2D eigenvalue weighted by molar-refractivity contribution is -0.140. The van der Waals surface area contributed by atoms with E-state index in [0.29, 0.717) is 21.4 Å². The molecule has 3 aromatic carbocycles. The van der Waals surface area contributed by atoms with Gasteiger partial charge in [0.2, 0.25) is 0 Å². The van der Waals surface area contributed by atoms with Gasteiger partial charge in [-0.05, 0) is 60.0 Å². The fourth-order valence-electron chi connectivity index (χ4n) is 3.67. The SMILES string of the molecule is CCc1ccc(N2C(=O)Nc3ccc(Br)cc3[C@@]2(O)C(=O)NCc2ccc(F)cc2)cc1. The summed E-state index contributed by atoms with van der Waals surface area (Å²) in [5.74, 6) is -1.17. The first-order chi connectivity index (χ1) is 15.3. The van der Waals surface area contributed by atoms with Gasteiger partial charge in [0, 0.05) is 22.3 Å². The standard InChI is InChI=1S/C24H21BrFN3O3/c1-2-15-5-10-19(11-6-15)29-23(31)28-21-12-7-17(25)13-20(21)24(29,32)22(30)27-14-16-3-8-18(26)9-4-16/h3-13,32H,2,14H2,1H3,(H,27,30)(H,28,31)/t24-/m1/s1. The quantitative estimate of drug-likeness (QED) is 0.479. The fourth-order valence-corrected chi connectivity index (χ4v) is 4.03. The van der Waals surface area contributed by atoms with Gasteiger partial charge in [0.25, 0.3) is 11.6 Å². The Kier molecular flexibility index (Phi) is 5.99. The summed E-state index contributed by atoms with van der Waals surface area (Å²) in [4.78, 5) is 27.5. The molecule has 0 spiro atoms. The van der Waals surface area contributed by atoms with Crippen LogP contribution in [0.1, 0.15) is 23.6 Å². The van der Waals surface area contributed by atoms with Crippen molar-refractivity contribution in [1.29, 1.82) is 0 Å². The van der Waals surface area contributed by atoms with E-state index in [2.05, 4.69) is 26.6 Å². The van der Waals surface area contributed by atoms with E-state index in [1.54, 1.807) is 42.5 Å². The number of fused-ring (bicyclic) bond motifs is 1. The number of hydrogen-bond acceptors (Lipinski definition) is 3. The molecule has 1 aliphatic rings. The van der Waals surface area contributed by atoms with Gasteiger partial charge >= 0.3 is 6.03 Å².